The Morgan fingerprint density at radius 2 is 2.17 bits per heavy atom. The summed E-state index contributed by atoms with van der Waals surface area (Å²) in [6, 6.07) is 9.52. The molecule has 1 atom stereocenters. The molecule has 0 radical (unpaired) electrons. The number of urea groups is 1. The number of aliphatic hydroxyl groups is 1. The van der Waals surface area contributed by atoms with Crippen molar-refractivity contribution in [1.29, 1.82) is 0 Å². The third-order valence-electron chi connectivity index (χ3n) is 4.04. The van der Waals surface area contributed by atoms with Gasteiger partial charge in [0.2, 0.25) is 0 Å². The quantitative estimate of drug-likeness (QED) is 0.854. The minimum Gasteiger partial charge on any atom is -0.394 e. The highest BCUT2D eigenvalue weighted by Crippen LogP contribution is 2.36. The maximum atomic E-state index is 12.7. The molecule has 1 aliphatic carbocycles. The van der Waals surface area contributed by atoms with Crippen LogP contribution in [-0.2, 0) is 6.54 Å². The lowest BCUT2D eigenvalue weighted by Crippen LogP contribution is -2.45. The molecule has 1 fully saturated rings. The molecule has 23 heavy (non-hydrogen) atoms. The average Bonchev–Trinajstić information content (AvgIpc) is 3.31. The number of thiazole rings is 1. The number of aryl methyl sites for hydroxylation is 1. The maximum Gasteiger partial charge on any atom is 0.324 e. The van der Waals surface area contributed by atoms with Gasteiger partial charge in [-0.15, -0.1) is 11.3 Å². The first-order chi connectivity index (χ1) is 11.2. The number of anilines is 1. The summed E-state index contributed by atoms with van der Waals surface area (Å²) in [5.41, 5.74) is 1.94. The van der Waals surface area contributed by atoms with Gasteiger partial charge in [-0.25, -0.2) is 9.78 Å². The molecule has 1 aliphatic rings. The molecule has 3 rings (SSSR count). The topological polar surface area (TPSA) is 65.5 Å². The van der Waals surface area contributed by atoms with Crippen LogP contribution in [0.3, 0.4) is 0 Å². The van der Waals surface area contributed by atoms with Gasteiger partial charge >= 0.3 is 6.03 Å². The predicted octanol–water partition coefficient (Wildman–Crippen LogP) is 3.26. The van der Waals surface area contributed by atoms with Gasteiger partial charge in [-0.2, -0.15) is 0 Å². The average molecular weight is 331 g/mol. The van der Waals surface area contributed by atoms with Crippen molar-refractivity contribution in [1.82, 2.24) is 9.88 Å². The third kappa shape index (κ3) is 4.09. The molecule has 2 amide bonds. The number of benzene rings is 1. The van der Waals surface area contributed by atoms with Crippen LogP contribution in [0.2, 0.25) is 0 Å². The second-order valence-electron chi connectivity index (χ2n) is 5.93. The Morgan fingerprint density at radius 3 is 2.74 bits per heavy atom. The summed E-state index contributed by atoms with van der Waals surface area (Å²) in [7, 11) is 0. The number of nitrogens with one attached hydrogen (secondary N) is 1. The fraction of sp³-hybridized carbons (Fsp3) is 0.412. The van der Waals surface area contributed by atoms with Gasteiger partial charge in [0, 0.05) is 11.9 Å². The van der Waals surface area contributed by atoms with E-state index in [1.54, 1.807) is 4.90 Å². The number of hydrogen-bond donors (Lipinski definition) is 2. The van der Waals surface area contributed by atoms with Crippen molar-refractivity contribution in [2.45, 2.75) is 32.4 Å². The summed E-state index contributed by atoms with van der Waals surface area (Å²) < 4.78 is 0. The predicted molar refractivity (Wildman–Crippen MR) is 91.5 cm³/mol. The highest BCUT2D eigenvalue weighted by Gasteiger charge is 2.37. The second kappa shape index (κ2) is 7.10. The van der Waals surface area contributed by atoms with E-state index in [4.69, 9.17) is 0 Å². The van der Waals surface area contributed by atoms with Crippen LogP contribution in [0.25, 0.3) is 0 Å². The molecule has 2 N–H and O–H groups in total. The van der Waals surface area contributed by atoms with Crippen LogP contribution in [0.1, 0.15) is 24.1 Å². The lowest BCUT2D eigenvalue weighted by atomic mass is 10.1. The normalized spacial score (nSPS) is 15.2. The molecule has 0 aliphatic heterocycles. The van der Waals surface area contributed by atoms with Crippen molar-refractivity contribution in [3.63, 3.8) is 0 Å². The van der Waals surface area contributed by atoms with Crippen LogP contribution in [0.15, 0.2) is 35.7 Å². The first kappa shape index (κ1) is 16.0. The van der Waals surface area contributed by atoms with Crippen LogP contribution in [-0.4, -0.2) is 33.7 Å². The van der Waals surface area contributed by atoms with Gasteiger partial charge in [-0.05, 0) is 31.2 Å². The Balaban J connectivity index is 1.77. The van der Waals surface area contributed by atoms with Crippen LogP contribution in [0.4, 0.5) is 9.93 Å². The van der Waals surface area contributed by atoms with E-state index in [0.29, 0.717) is 17.6 Å². The standard InChI is InChI=1S/C17H21N3O2S/c1-12-11-23-16(18-12)19-17(22)20(15(10-21)14-7-8-14)9-13-5-3-2-4-6-13/h2-6,11,14-15,21H,7-10H2,1H3,(H,18,19,22). The van der Waals surface area contributed by atoms with Crippen molar-refractivity contribution in [2.24, 2.45) is 5.92 Å². The zero-order valence-corrected chi connectivity index (χ0v) is 13.9. The molecule has 0 spiro atoms. The van der Waals surface area contributed by atoms with Crippen molar-refractivity contribution in [3.05, 3.63) is 47.0 Å². The summed E-state index contributed by atoms with van der Waals surface area (Å²) in [5.74, 6) is 0.396. The monoisotopic (exact) mass is 331 g/mol. The molecular weight excluding hydrogens is 310 g/mol. The SMILES string of the molecule is Cc1csc(NC(=O)N(Cc2ccccc2)C(CO)C2CC2)n1. The Labute approximate surface area is 140 Å². The largest absolute Gasteiger partial charge is 0.394 e. The molecule has 1 saturated carbocycles. The van der Waals surface area contributed by atoms with E-state index in [-0.39, 0.29) is 18.7 Å². The smallest absolute Gasteiger partial charge is 0.324 e. The van der Waals surface area contributed by atoms with Crippen molar-refractivity contribution < 1.29 is 9.90 Å². The molecule has 2 aromatic rings. The van der Waals surface area contributed by atoms with Gasteiger partial charge in [0.05, 0.1) is 18.3 Å². The number of hydrogen-bond acceptors (Lipinski definition) is 4. The molecule has 1 aromatic carbocycles. The number of carbonyl (C=O) groups excluding carboxylic acids is 1. The van der Waals surface area contributed by atoms with E-state index < -0.39 is 0 Å². The van der Waals surface area contributed by atoms with Gasteiger partial charge in [0.15, 0.2) is 5.13 Å². The van der Waals surface area contributed by atoms with Crippen molar-refractivity contribution in [2.75, 3.05) is 11.9 Å². The van der Waals surface area contributed by atoms with E-state index in [1.807, 2.05) is 42.6 Å². The van der Waals surface area contributed by atoms with E-state index in [9.17, 15) is 9.90 Å². The molecule has 1 heterocycles. The lowest BCUT2D eigenvalue weighted by molar-refractivity contribution is 0.124. The zero-order valence-electron chi connectivity index (χ0n) is 13.1. The summed E-state index contributed by atoms with van der Waals surface area (Å²) in [4.78, 5) is 18.8. The van der Waals surface area contributed by atoms with Gasteiger partial charge in [0.1, 0.15) is 0 Å². The Bertz CT molecular complexity index is 655. The van der Waals surface area contributed by atoms with Gasteiger partial charge in [0.25, 0.3) is 0 Å². The number of carbonyl (C=O) groups is 1. The molecule has 0 saturated heterocycles. The summed E-state index contributed by atoms with van der Waals surface area (Å²) in [6.07, 6.45) is 2.14. The molecule has 0 bridgehead atoms. The van der Waals surface area contributed by atoms with E-state index in [0.717, 1.165) is 24.1 Å². The Morgan fingerprint density at radius 1 is 1.43 bits per heavy atom. The summed E-state index contributed by atoms with van der Waals surface area (Å²) in [5, 5.41) is 15.1. The minimum atomic E-state index is -0.200. The molecule has 5 nitrogen and oxygen atoms in total. The van der Waals surface area contributed by atoms with Gasteiger partial charge in [-0.1, -0.05) is 30.3 Å². The van der Waals surface area contributed by atoms with Gasteiger partial charge in [-0.3, -0.25) is 5.32 Å². The zero-order chi connectivity index (χ0) is 16.2. The molecule has 122 valence electrons. The van der Waals surface area contributed by atoms with Crippen LogP contribution in [0.5, 0.6) is 0 Å². The second-order valence-corrected chi connectivity index (χ2v) is 6.78. The molecule has 1 unspecified atom stereocenters. The van der Waals surface area contributed by atoms with Gasteiger partial charge < -0.3 is 10.0 Å². The molecular formula is C17H21N3O2S. The highest BCUT2D eigenvalue weighted by molar-refractivity contribution is 7.13. The molecule has 6 heteroatoms. The number of aromatic nitrogens is 1. The maximum absolute atomic E-state index is 12.7. The number of nitrogens with zero attached hydrogens (tertiary/aromatic N) is 2. The van der Waals surface area contributed by atoms with E-state index in [1.165, 1.54) is 11.3 Å². The number of aliphatic hydroxyl groups excluding tert-OH is 1. The third-order valence-corrected chi connectivity index (χ3v) is 4.92. The number of amides is 2. The lowest BCUT2D eigenvalue weighted by Gasteiger charge is -2.30. The fourth-order valence-corrected chi connectivity index (χ4v) is 3.36. The highest BCUT2D eigenvalue weighted by atomic mass is 32.1. The van der Waals surface area contributed by atoms with E-state index >= 15 is 0 Å². The summed E-state index contributed by atoms with van der Waals surface area (Å²) >= 11 is 1.41. The van der Waals surface area contributed by atoms with Crippen molar-refractivity contribution >= 4 is 22.5 Å². The fourth-order valence-electron chi connectivity index (χ4n) is 2.68. The van der Waals surface area contributed by atoms with Crippen LogP contribution in [0, 0.1) is 12.8 Å². The first-order valence-corrected chi connectivity index (χ1v) is 8.70. The van der Waals surface area contributed by atoms with Crippen LogP contribution >= 0.6 is 11.3 Å². The minimum absolute atomic E-state index is 0.0121. The van der Waals surface area contributed by atoms with E-state index in [2.05, 4.69) is 10.3 Å². The number of rotatable bonds is 6. The Hall–Kier alpha value is -1.92. The van der Waals surface area contributed by atoms with Crippen LogP contribution < -0.4 is 5.32 Å². The molecule has 1 aromatic heterocycles. The van der Waals surface area contributed by atoms with Crippen molar-refractivity contribution in [3.8, 4) is 0 Å². The Kier molecular flexibility index (Phi) is 4.93. The first-order valence-electron chi connectivity index (χ1n) is 7.82. The summed E-state index contributed by atoms with van der Waals surface area (Å²) in [6.45, 7) is 2.37.